The standard InChI is InChI=1S/C11H20O6.C2H2.2CH4O/c12-4-9-1-7(13)3-11(16-9)17-10-2-8(14)5-15-6-10;3*1-2/h7-14H,1-6H2;1-2H;2*2H,1H3/t7-,8+,9-,10-,11-;;;/m1.../s1. The van der Waals surface area contributed by atoms with Crippen molar-refractivity contribution in [3.8, 4) is 12.8 Å². The average molecular weight is 338 g/mol. The van der Waals surface area contributed by atoms with Gasteiger partial charge in [-0.25, -0.2) is 0 Å². The summed E-state index contributed by atoms with van der Waals surface area (Å²) in [7, 11) is 2.00. The van der Waals surface area contributed by atoms with E-state index in [9.17, 15) is 10.2 Å². The van der Waals surface area contributed by atoms with Gasteiger partial charge >= 0.3 is 0 Å². The van der Waals surface area contributed by atoms with E-state index in [-0.39, 0.29) is 18.8 Å². The van der Waals surface area contributed by atoms with E-state index in [1.54, 1.807) is 0 Å². The molecule has 0 aromatic carbocycles. The maximum Gasteiger partial charge on any atom is 0.161 e. The number of ether oxygens (including phenoxy) is 3. The molecular formula is C15H30O8. The molecule has 0 aliphatic carbocycles. The zero-order valence-electron chi connectivity index (χ0n) is 13.7. The Morgan fingerprint density at radius 1 is 0.957 bits per heavy atom. The molecule has 0 unspecified atom stereocenters. The van der Waals surface area contributed by atoms with E-state index in [2.05, 4.69) is 12.8 Å². The largest absolute Gasteiger partial charge is 0.400 e. The van der Waals surface area contributed by atoms with Gasteiger partial charge in [0.05, 0.1) is 44.2 Å². The van der Waals surface area contributed by atoms with Crippen LogP contribution in [0.4, 0.5) is 0 Å². The second-order valence-corrected chi connectivity index (χ2v) is 4.68. The Hall–Kier alpha value is -0.760. The smallest absolute Gasteiger partial charge is 0.161 e. The molecule has 0 spiro atoms. The lowest BCUT2D eigenvalue weighted by molar-refractivity contribution is -0.254. The first-order valence-corrected chi connectivity index (χ1v) is 7.25. The van der Waals surface area contributed by atoms with Crippen molar-refractivity contribution in [2.24, 2.45) is 0 Å². The van der Waals surface area contributed by atoms with Gasteiger partial charge in [-0.1, -0.05) is 0 Å². The number of aliphatic hydroxyl groups is 5. The van der Waals surface area contributed by atoms with E-state index >= 15 is 0 Å². The first kappa shape index (κ1) is 24.5. The Bertz CT molecular complexity index is 273. The molecule has 0 saturated carbocycles. The molecule has 5 N–H and O–H groups in total. The minimum Gasteiger partial charge on any atom is -0.400 e. The van der Waals surface area contributed by atoms with E-state index in [0.29, 0.717) is 32.5 Å². The van der Waals surface area contributed by atoms with Crippen molar-refractivity contribution in [2.45, 2.75) is 50.0 Å². The third-order valence-electron chi connectivity index (χ3n) is 3.04. The normalized spacial score (nSPS) is 32.8. The predicted octanol–water partition coefficient (Wildman–Crippen LogP) is -1.52. The molecule has 0 aromatic rings. The number of hydrogen-bond acceptors (Lipinski definition) is 8. The topological polar surface area (TPSA) is 129 Å². The molecule has 2 fully saturated rings. The highest BCUT2D eigenvalue weighted by atomic mass is 16.7. The second kappa shape index (κ2) is 16.1. The molecule has 0 bridgehead atoms. The van der Waals surface area contributed by atoms with Gasteiger partial charge in [0.2, 0.25) is 0 Å². The van der Waals surface area contributed by atoms with Crippen molar-refractivity contribution >= 4 is 0 Å². The van der Waals surface area contributed by atoms with Crippen LogP contribution in [0.3, 0.4) is 0 Å². The summed E-state index contributed by atoms with van der Waals surface area (Å²) in [5.41, 5.74) is 0. The van der Waals surface area contributed by atoms with Crippen LogP contribution in [-0.2, 0) is 14.2 Å². The first-order valence-electron chi connectivity index (χ1n) is 7.25. The molecule has 2 aliphatic rings. The summed E-state index contributed by atoms with van der Waals surface area (Å²) in [4.78, 5) is 0. The Balaban J connectivity index is 0. The van der Waals surface area contributed by atoms with Crippen LogP contribution in [0.5, 0.6) is 0 Å². The van der Waals surface area contributed by atoms with E-state index < -0.39 is 18.5 Å². The molecule has 0 radical (unpaired) electrons. The molecule has 2 heterocycles. The van der Waals surface area contributed by atoms with Gasteiger partial charge in [0.15, 0.2) is 6.29 Å². The minimum absolute atomic E-state index is 0.124. The molecule has 2 aliphatic heterocycles. The summed E-state index contributed by atoms with van der Waals surface area (Å²) in [5, 5.41) is 42.1. The lowest BCUT2D eigenvalue weighted by Gasteiger charge is -2.35. The highest BCUT2D eigenvalue weighted by molar-refractivity contribution is 4.75. The highest BCUT2D eigenvalue weighted by Gasteiger charge is 2.32. The molecule has 2 rings (SSSR count). The third kappa shape index (κ3) is 10.6. The molecule has 2 saturated heterocycles. The lowest BCUT2D eigenvalue weighted by atomic mass is 10.1. The van der Waals surface area contributed by atoms with Crippen molar-refractivity contribution in [3.63, 3.8) is 0 Å². The summed E-state index contributed by atoms with van der Waals surface area (Å²) in [6.45, 7) is 0.644. The predicted molar refractivity (Wildman–Crippen MR) is 83.5 cm³/mol. The molecule has 23 heavy (non-hydrogen) atoms. The Kier molecular flexibility index (Phi) is 17.2. The quantitative estimate of drug-likeness (QED) is 0.392. The van der Waals surface area contributed by atoms with Gasteiger partial charge in [0.1, 0.15) is 0 Å². The first-order chi connectivity index (χ1) is 11.2. The summed E-state index contributed by atoms with van der Waals surface area (Å²) in [6.07, 6.45) is 7.20. The fourth-order valence-electron chi connectivity index (χ4n) is 2.24. The zero-order valence-corrected chi connectivity index (χ0v) is 13.7. The van der Waals surface area contributed by atoms with Crippen LogP contribution in [0.2, 0.25) is 0 Å². The maximum absolute atomic E-state index is 9.61. The molecule has 0 amide bonds. The third-order valence-corrected chi connectivity index (χ3v) is 3.04. The van der Waals surface area contributed by atoms with Gasteiger partial charge < -0.3 is 39.7 Å². The van der Waals surface area contributed by atoms with E-state index in [0.717, 1.165) is 14.2 Å². The Morgan fingerprint density at radius 2 is 1.57 bits per heavy atom. The van der Waals surface area contributed by atoms with Gasteiger partial charge in [-0.15, -0.1) is 12.8 Å². The van der Waals surface area contributed by atoms with Gasteiger partial charge in [0.25, 0.3) is 0 Å². The summed E-state index contributed by atoms with van der Waals surface area (Å²) in [5.74, 6) is 0. The number of aliphatic hydroxyl groups excluding tert-OH is 5. The van der Waals surface area contributed by atoms with Gasteiger partial charge in [-0.3, -0.25) is 0 Å². The van der Waals surface area contributed by atoms with E-state index in [4.69, 9.17) is 29.5 Å². The molecule has 8 nitrogen and oxygen atoms in total. The van der Waals surface area contributed by atoms with Gasteiger partial charge in [-0.05, 0) is 0 Å². The Morgan fingerprint density at radius 3 is 2.09 bits per heavy atom. The SMILES string of the molecule is C#C.CO.CO.OC[C@H]1C[C@@H](O)C[C@@H](O[C@H]2COC[C@@H](O)C2)O1. The second-order valence-electron chi connectivity index (χ2n) is 4.68. The van der Waals surface area contributed by atoms with Crippen LogP contribution in [0.15, 0.2) is 0 Å². The van der Waals surface area contributed by atoms with E-state index in [1.165, 1.54) is 0 Å². The van der Waals surface area contributed by atoms with E-state index in [1.807, 2.05) is 0 Å². The Labute approximate surface area is 137 Å². The van der Waals surface area contributed by atoms with Crippen LogP contribution in [0, 0.1) is 12.8 Å². The number of hydrogen-bond donors (Lipinski definition) is 5. The lowest BCUT2D eigenvalue weighted by Crippen LogP contribution is -2.43. The molecule has 0 aromatic heterocycles. The maximum atomic E-state index is 9.61. The van der Waals surface area contributed by atoms with Gasteiger partial charge in [-0.2, -0.15) is 0 Å². The molecule has 8 heteroatoms. The van der Waals surface area contributed by atoms with Crippen molar-refractivity contribution < 1.29 is 39.7 Å². The molecule has 138 valence electrons. The van der Waals surface area contributed by atoms with Crippen LogP contribution < -0.4 is 0 Å². The average Bonchev–Trinajstić information content (AvgIpc) is 2.60. The zero-order chi connectivity index (χ0) is 18.3. The monoisotopic (exact) mass is 338 g/mol. The molecule has 5 atom stereocenters. The summed E-state index contributed by atoms with van der Waals surface area (Å²) < 4.78 is 16.3. The van der Waals surface area contributed by atoms with Crippen molar-refractivity contribution in [2.75, 3.05) is 34.0 Å². The van der Waals surface area contributed by atoms with Crippen molar-refractivity contribution in [1.29, 1.82) is 0 Å². The van der Waals surface area contributed by atoms with Crippen LogP contribution in [-0.4, -0.2) is 90.3 Å². The summed E-state index contributed by atoms with van der Waals surface area (Å²) >= 11 is 0. The van der Waals surface area contributed by atoms with Crippen LogP contribution in [0.25, 0.3) is 0 Å². The molecular weight excluding hydrogens is 308 g/mol. The van der Waals surface area contributed by atoms with Crippen LogP contribution >= 0.6 is 0 Å². The number of rotatable bonds is 3. The number of terminal acetylenes is 1. The highest BCUT2D eigenvalue weighted by Crippen LogP contribution is 2.23. The van der Waals surface area contributed by atoms with Gasteiger partial charge in [0, 0.05) is 33.5 Å². The minimum atomic E-state index is -0.533. The van der Waals surface area contributed by atoms with Crippen LogP contribution in [0.1, 0.15) is 19.3 Å². The van der Waals surface area contributed by atoms with Crippen molar-refractivity contribution in [1.82, 2.24) is 0 Å². The van der Waals surface area contributed by atoms with Crippen molar-refractivity contribution in [3.05, 3.63) is 0 Å². The fourth-order valence-corrected chi connectivity index (χ4v) is 2.24. The fraction of sp³-hybridized carbons (Fsp3) is 0.867. The summed E-state index contributed by atoms with van der Waals surface area (Å²) in [6, 6.07) is 0.